The van der Waals surface area contributed by atoms with Gasteiger partial charge in [-0.2, -0.15) is 0 Å². The summed E-state index contributed by atoms with van der Waals surface area (Å²) in [6, 6.07) is 15.1. The Balaban J connectivity index is 2.07. The lowest BCUT2D eigenvalue weighted by atomic mass is 10.1. The van der Waals surface area contributed by atoms with Crippen LogP contribution in [0.3, 0.4) is 0 Å². The van der Waals surface area contributed by atoms with Crippen LogP contribution in [0.4, 0.5) is 0 Å². The molecule has 0 saturated heterocycles. The highest BCUT2D eigenvalue weighted by atomic mass is 127. The second kappa shape index (κ2) is 7.91. The van der Waals surface area contributed by atoms with E-state index in [1.807, 2.05) is 48.5 Å². The van der Waals surface area contributed by atoms with E-state index in [0.29, 0.717) is 12.0 Å². The molecule has 0 spiro atoms. The highest BCUT2D eigenvalue weighted by Gasteiger charge is 2.16. The number of nitrogens with one attached hydrogen (secondary N) is 1. The van der Waals surface area contributed by atoms with Crippen LogP contribution in [0.2, 0.25) is 0 Å². The molecule has 0 aliphatic rings. The summed E-state index contributed by atoms with van der Waals surface area (Å²) >= 11 is 5.55. The average molecular weight is 460 g/mol. The van der Waals surface area contributed by atoms with E-state index in [1.165, 1.54) is 0 Å². The van der Waals surface area contributed by atoms with Crippen LogP contribution in [0.1, 0.15) is 15.9 Å². The molecule has 5 heteroatoms. The summed E-state index contributed by atoms with van der Waals surface area (Å²) in [4.78, 5) is 12.3. The van der Waals surface area contributed by atoms with Gasteiger partial charge in [0.15, 0.2) is 0 Å². The Morgan fingerprint density at radius 1 is 1.24 bits per heavy atom. The molecule has 2 aromatic rings. The third-order valence-electron chi connectivity index (χ3n) is 3.05. The van der Waals surface area contributed by atoms with Gasteiger partial charge in [-0.25, -0.2) is 0 Å². The molecular weight excluding hydrogens is 445 g/mol. The van der Waals surface area contributed by atoms with Crippen molar-refractivity contribution in [2.45, 2.75) is 12.5 Å². The smallest absolute Gasteiger partial charge is 0.252 e. The molecule has 21 heavy (non-hydrogen) atoms. The van der Waals surface area contributed by atoms with Crippen molar-refractivity contribution in [1.82, 2.24) is 5.32 Å². The van der Waals surface area contributed by atoms with Gasteiger partial charge < -0.3 is 10.4 Å². The number of halogens is 2. The molecule has 2 N–H and O–H groups in total. The summed E-state index contributed by atoms with van der Waals surface area (Å²) < 4.78 is 1.74. The standard InChI is InChI=1S/C16H15BrINO2/c17-15-7-6-12(18)9-14(15)16(21)19-13(10-20)8-11-4-2-1-3-5-11/h1-7,9,13,20H,8,10H2,(H,19,21)/t13-/m1/s1. The molecule has 0 fully saturated rings. The maximum Gasteiger partial charge on any atom is 0.252 e. The van der Waals surface area contributed by atoms with Gasteiger partial charge in [0.05, 0.1) is 18.2 Å². The number of benzene rings is 2. The van der Waals surface area contributed by atoms with Crippen LogP contribution >= 0.6 is 38.5 Å². The lowest BCUT2D eigenvalue weighted by molar-refractivity contribution is 0.0915. The SMILES string of the molecule is O=C(N[C@@H](CO)Cc1ccccc1)c1cc(I)ccc1Br. The van der Waals surface area contributed by atoms with E-state index in [2.05, 4.69) is 43.8 Å². The molecule has 0 aliphatic carbocycles. The van der Waals surface area contributed by atoms with Gasteiger partial charge in [-0.1, -0.05) is 30.3 Å². The minimum atomic E-state index is -0.301. The van der Waals surface area contributed by atoms with E-state index < -0.39 is 0 Å². The molecule has 0 unspecified atom stereocenters. The van der Waals surface area contributed by atoms with Gasteiger partial charge in [0.1, 0.15) is 0 Å². The Labute approximate surface area is 146 Å². The first kappa shape index (κ1) is 16.5. The normalized spacial score (nSPS) is 12.0. The lowest BCUT2D eigenvalue weighted by Crippen LogP contribution is -2.39. The van der Waals surface area contributed by atoms with Gasteiger partial charge in [-0.05, 0) is 68.7 Å². The predicted molar refractivity (Wildman–Crippen MR) is 95.3 cm³/mol. The van der Waals surface area contributed by atoms with Crippen LogP contribution in [0, 0.1) is 3.57 Å². The highest BCUT2D eigenvalue weighted by Crippen LogP contribution is 2.19. The molecule has 0 aromatic heterocycles. The number of hydrogen-bond acceptors (Lipinski definition) is 2. The van der Waals surface area contributed by atoms with Crippen molar-refractivity contribution < 1.29 is 9.90 Å². The lowest BCUT2D eigenvalue weighted by Gasteiger charge is -2.17. The monoisotopic (exact) mass is 459 g/mol. The Morgan fingerprint density at radius 3 is 2.62 bits per heavy atom. The van der Waals surface area contributed by atoms with Gasteiger partial charge in [0.2, 0.25) is 0 Å². The van der Waals surface area contributed by atoms with E-state index in [9.17, 15) is 9.90 Å². The first-order chi connectivity index (χ1) is 10.1. The zero-order chi connectivity index (χ0) is 15.2. The first-order valence-electron chi connectivity index (χ1n) is 6.51. The fourth-order valence-corrected chi connectivity index (χ4v) is 2.91. The summed E-state index contributed by atoms with van der Waals surface area (Å²) in [7, 11) is 0. The molecule has 0 saturated carbocycles. The molecule has 0 bridgehead atoms. The average Bonchev–Trinajstić information content (AvgIpc) is 2.50. The molecule has 2 aromatic carbocycles. The van der Waals surface area contributed by atoms with Gasteiger partial charge in [-0.3, -0.25) is 4.79 Å². The van der Waals surface area contributed by atoms with Crippen LogP contribution in [-0.4, -0.2) is 23.7 Å². The van der Waals surface area contributed by atoms with Gasteiger partial charge in [0.25, 0.3) is 5.91 Å². The van der Waals surface area contributed by atoms with Crippen LogP contribution in [0.5, 0.6) is 0 Å². The molecular formula is C16H15BrINO2. The van der Waals surface area contributed by atoms with E-state index >= 15 is 0 Å². The van der Waals surface area contributed by atoms with Crippen molar-refractivity contribution in [2.24, 2.45) is 0 Å². The second-order valence-corrected chi connectivity index (χ2v) is 6.77. The zero-order valence-electron chi connectivity index (χ0n) is 11.2. The van der Waals surface area contributed by atoms with E-state index in [-0.39, 0.29) is 18.6 Å². The second-order valence-electron chi connectivity index (χ2n) is 4.67. The van der Waals surface area contributed by atoms with Crippen molar-refractivity contribution in [2.75, 3.05) is 6.61 Å². The van der Waals surface area contributed by atoms with Crippen molar-refractivity contribution in [3.05, 3.63) is 67.7 Å². The summed E-state index contributed by atoms with van der Waals surface area (Å²) in [6.07, 6.45) is 0.602. The number of aliphatic hydroxyl groups is 1. The molecule has 0 heterocycles. The van der Waals surface area contributed by atoms with E-state index in [4.69, 9.17) is 0 Å². The summed E-state index contributed by atoms with van der Waals surface area (Å²) in [5.74, 6) is -0.185. The number of carbonyl (C=O) groups excluding carboxylic acids is 1. The largest absolute Gasteiger partial charge is 0.394 e. The Morgan fingerprint density at radius 2 is 1.95 bits per heavy atom. The third kappa shape index (κ3) is 4.79. The van der Waals surface area contributed by atoms with Crippen molar-refractivity contribution in [3.8, 4) is 0 Å². The van der Waals surface area contributed by atoms with Crippen LogP contribution in [0.15, 0.2) is 53.0 Å². The van der Waals surface area contributed by atoms with Crippen LogP contribution in [-0.2, 0) is 6.42 Å². The van der Waals surface area contributed by atoms with Crippen LogP contribution < -0.4 is 5.32 Å². The Bertz CT molecular complexity index is 619. The first-order valence-corrected chi connectivity index (χ1v) is 8.38. The maximum atomic E-state index is 12.3. The number of aliphatic hydroxyl groups excluding tert-OH is 1. The molecule has 2 rings (SSSR count). The Kier molecular flexibility index (Phi) is 6.20. The molecule has 110 valence electrons. The zero-order valence-corrected chi connectivity index (χ0v) is 15.0. The fourth-order valence-electron chi connectivity index (χ4n) is 1.99. The van der Waals surface area contributed by atoms with E-state index in [0.717, 1.165) is 13.6 Å². The predicted octanol–water partition coefficient (Wildman–Crippen LogP) is 3.39. The summed E-state index contributed by atoms with van der Waals surface area (Å²) in [6.45, 7) is -0.0951. The number of carbonyl (C=O) groups is 1. The van der Waals surface area contributed by atoms with Crippen molar-refractivity contribution in [1.29, 1.82) is 0 Å². The number of hydrogen-bond donors (Lipinski definition) is 2. The van der Waals surface area contributed by atoms with Crippen molar-refractivity contribution in [3.63, 3.8) is 0 Å². The van der Waals surface area contributed by atoms with Gasteiger partial charge >= 0.3 is 0 Å². The topological polar surface area (TPSA) is 49.3 Å². The molecule has 1 atom stereocenters. The molecule has 0 aliphatic heterocycles. The molecule has 0 radical (unpaired) electrons. The minimum absolute atomic E-state index is 0.0951. The molecule has 3 nitrogen and oxygen atoms in total. The highest BCUT2D eigenvalue weighted by molar-refractivity contribution is 14.1. The number of rotatable bonds is 5. The maximum absolute atomic E-state index is 12.3. The molecule has 1 amide bonds. The quantitative estimate of drug-likeness (QED) is 0.673. The fraction of sp³-hybridized carbons (Fsp3) is 0.188. The van der Waals surface area contributed by atoms with Crippen LogP contribution in [0.25, 0.3) is 0 Å². The third-order valence-corrected chi connectivity index (χ3v) is 4.42. The summed E-state index contributed by atoms with van der Waals surface area (Å²) in [5.41, 5.74) is 1.66. The van der Waals surface area contributed by atoms with Gasteiger partial charge in [0, 0.05) is 8.04 Å². The Hall–Kier alpha value is -0.920. The van der Waals surface area contributed by atoms with Gasteiger partial charge in [-0.15, -0.1) is 0 Å². The minimum Gasteiger partial charge on any atom is -0.394 e. The van der Waals surface area contributed by atoms with Crippen molar-refractivity contribution >= 4 is 44.4 Å². The summed E-state index contributed by atoms with van der Waals surface area (Å²) in [5, 5.41) is 12.4. The van der Waals surface area contributed by atoms with E-state index in [1.54, 1.807) is 0 Å². The number of amides is 1.